The van der Waals surface area contributed by atoms with Crippen molar-refractivity contribution in [1.29, 1.82) is 0 Å². The maximum atomic E-state index is 10.6. The molecule has 2 rings (SSSR count). The molecular weight excluding hydrogens is 212 g/mol. The van der Waals surface area contributed by atoms with Gasteiger partial charge >= 0.3 is 0 Å². The number of allylic oxidation sites excluding steroid dienone is 1. The Bertz CT molecular complexity index is 326. The standard InChI is InChI=1S/C15H26O2/c1-10(2)11-5-7-14(3,16)12-6-8-15(4,17)13(12)9-11/h9-10,12-13,16-17H,5-8H2,1-4H3/t12-,13+,14-,15+/m0/s1. The lowest BCUT2D eigenvalue weighted by atomic mass is 9.77. The minimum atomic E-state index is -0.640. The fourth-order valence-corrected chi connectivity index (χ4v) is 3.60. The Hall–Kier alpha value is -0.340. The van der Waals surface area contributed by atoms with Crippen LogP contribution >= 0.6 is 0 Å². The van der Waals surface area contributed by atoms with Crippen molar-refractivity contribution in [3.8, 4) is 0 Å². The van der Waals surface area contributed by atoms with E-state index in [0.29, 0.717) is 5.92 Å². The molecule has 1 fully saturated rings. The molecule has 98 valence electrons. The van der Waals surface area contributed by atoms with Crippen LogP contribution in [0.3, 0.4) is 0 Å². The molecule has 1 saturated carbocycles. The van der Waals surface area contributed by atoms with E-state index in [2.05, 4.69) is 19.9 Å². The van der Waals surface area contributed by atoms with E-state index >= 15 is 0 Å². The molecule has 0 aromatic rings. The van der Waals surface area contributed by atoms with Crippen LogP contribution in [0.4, 0.5) is 0 Å². The first-order chi connectivity index (χ1) is 7.74. The van der Waals surface area contributed by atoms with E-state index in [1.54, 1.807) is 0 Å². The number of hydrogen-bond donors (Lipinski definition) is 2. The SMILES string of the molecule is CC(C)C1=C[C@@H]2[C@H](CC[C@@]2(C)O)[C@@](C)(O)CC1. The van der Waals surface area contributed by atoms with Crippen LogP contribution in [0, 0.1) is 17.8 Å². The van der Waals surface area contributed by atoms with Crippen molar-refractivity contribution in [2.45, 2.75) is 64.6 Å². The maximum Gasteiger partial charge on any atom is 0.0686 e. The zero-order valence-electron chi connectivity index (χ0n) is 11.5. The average Bonchev–Trinajstić information content (AvgIpc) is 2.39. The Kier molecular flexibility index (Phi) is 3.16. The molecule has 0 aromatic heterocycles. The van der Waals surface area contributed by atoms with Gasteiger partial charge in [0.25, 0.3) is 0 Å². The van der Waals surface area contributed by atoms with Crippen molar-refractivity contribution in [2.24, 2.45) is 17.8 Å². The van der Waals surface area contributed by atoms with Gasteiger partial charge in [-0.25, -0.2) is 0 Å². The predicted molar refractivity (Wildman–Crippen MR) is 69.6 cm³/mol. The molecule has 0 spiro atoms. The van der Waals surface area contributed by atoms with Crippen molar-refractivity contribution < 1.29 is 10.2 Å². The van der Waals surface area contributed by atoms with Crippen LogP contribution in [0.2, 0.25) is 0 Å². The Morgan fingerprint density at radius 2 is 1.82 bits per heavy atom. The molecule has 0 amide bonds. The van der Waals surface area contributed by atoms with Crippen molar-refractivity contribution in [3.63, 3.8) is 0 Å². The first kappa shape index (κ1) is 13.1. The van der Waals surface area contributed by atoms with Crippen molar-refractivity contribution in [3.05, 3.63) is 11.6 Å². The first-order valence-electron chi connectivity index (χ1n) is 6.89. The summed E-state index contributed by atoms with van der Waals surface area (Å²) in [5.41, 5.74) is 0.136. The van der Waals surface area contributed by atoms with Crippen LogP contribution in [0.5, 0.6) is 0 Å². The van der Waals surface area contributed by atoms with Crippen LogP contribution in [-0.2, 0) is 0 Å². The number of aliphatic hydroxyl groups is 2. The topological polar surface area (TPSA) is 40.5 Å². The van der Waals surface area contributed by atoms with Crippen LogP contribution in [0.15, 0.2) is 11.6 Å². The fraction of sp³-hybridized carbons (Fsp3) is 0.867. The third-order valence-corrected chi connectivity index (χ3v) is 4.97. The molecule has 2 nitrogen and oxygen atoms in total. The minimum absolute atomic E-state index is 0.123. The molecule has 0 unspecified atom stereocenters. The van der Waals surface area contributed by atoms with Gasteiger partial charge in [-0.05, 0) is 51.4 Å². The van der Waals surface area contributed by atoms with Gasteiger partial charge in [0.2, 0.25) is 0 Å². The highest BCUT2D eigenvalue weighted by molar-refractivity contribution is 5.19. The first-order valence-corrected chi connectivity index (χ1v) is 6.89. The zero-order chi connectivity index (χ0) is 12.8. The second-order valence-electron chi connectivity index (χ2n) is 6.78. The van der Waals surface area contributed by atoms with E-state index in [1.165, 1.54) is 5.57 Å². The molecule has 0 aliphatic heterocycles. The normalized spacial score (nSPS) is 46.6. The summed E-state index contributed by atoms with van der Waals surface area (Å²) in [6.07, 6.45) is 5.80. The van der Waals surface area contributed by atoms with Crippen molar-refractivity contribution in [1.82, 2.24) is 0 Å². The maximum absolute atomic E-state index is 10.6. The Morgan fingerprint density at radius 3 is 2.41 bits per heavy atom. The number of rotatable bonds is 1. The molecule has 2 aliphatic rings. The molecule has 2 aliphatic carbocycles. The smallest absolute Gasteiger partial charge is 0.0686 e. The van der Waals surface area contributed by atoms with Crippen molar-refractivity contribution >= 4 is 0 Å². The Morgan fingerprint density at radius 1 is 1.18 bits per heavy atom. The largest absolute Gasteiger partial charge is 0.390 e. The van der Waals surface area contributed by atoms with Gasteiger partial charge in [0, 0.05) is 5.92 Å². The molecule has 0 saturated heterocycles. The summed E-state index contributed by atoms with van der Waals surface area (Å²) >= 11 is 0. The van der Waals surface area contributed by atoms with Gasteiger partial charge in [-0.2, -0.15) is 0 Å². The van der Waals surface area contributed by atoms with Gasteiger partial charge in [0.05, 0.1) is 11.2 Å². The average molecular weight is 238 g/mol. The van der Waals surface area contributed by atoms with Crippen LogP contribution < -0.4 is 0 Å². The van der Waals surface area contributed by atoms with Gasteiger partial charge in [-0.1, -0.05) is 25.5 Å². The minimum Gasteiger partial charge on any atom is -0.390 e. The summed E-state index contributed by atoms with van der Waals surface area (Å²) in [4.78, 5) is 0. The second-order valence-corrected chi connectivity index (χ2v) is 6.78. The molecular formula is C15H26O2. The molecule has 2 N–H and O–H groups in total. The summed E-state index contributed by atoms with van der Waals surface area (Å²) in [5.74, 6) is 0.854. The Balaban J connectivity index is 2.37. The molecule has 0 heterocycles. The lowest BCUT2D eigenvalue weighted by Gasteiger charge is -2.34. The summed E-state index contributed by atoms with van der Waals surface area (Å²) in [6.45, 7) is 8.27. The van der Waals surface area contributed by atoms with E-state index in [1.807, 2.05) is 13.8 Å². The molecule has 17 heavy (non-hydrogen) atoms. The highest BCUT2D eigenvalue weighted by Crippen LogP contribution is 2.50. The number of hydrogen-bond acceptors (Lipinski definition) is 2. The van der Waals surface area contributed by atoms with Gasteiger partial charge in [-0.15, -0.1) is 0 Å². The zero-order valence-corrected chi connectivity index (χ0v) is 11.5. The third kappa shape index (κ3) is 2.30. The van der Waals surface area contributed by atoms with Gasteiger partial charge in [0.15, 0.2) is 0 Å². The van der Waals surface area contributed by atoms with E-state index < -0.39 is 11.2 Å². The lowest BCUT2D eigenvalue weighted by molar-refractivity contribution is -0.0419. The van der Waals surface area contributed by atoms with E-state index in [4.69, 9.17) is 0 Å². The van der Waals surface area contributed by atoms with Crippen LogP contribution in [0.25, 0.3) is 0 Å². The monoisotopic (exact) mass is 238 g/mol. The quantitative estimate of drug-likeness (QED) is 0.690. The highest BCUT2D eigenvalue weighted by atomic mass is 16.3. The lowest BCUT2D eigenvalue weighted by Crippen LogP contribution is -2.40. The Labute approximate surface area is 105 Å². The summed E-state index contributed by atoms with van der Waals surface area (Å²) < 4.78 is 0. The van der Waals surface area contributed by atoms with E-state index in [9.17, 15) is 10.2 Å². The van der Waals surface area contributed by atoms with Crippen molar-refractivity contribution in [2.75, 3.05) is 0 Å². The highest BCUT2D eigenvalue weighted by Gasteiger charge is 2.50. The predicted octanol–water partition coefficient (Wildman–Crippen LogP) is 2.89. The van der Waals surface area contributed by atoms with Crippen LogP contribution in [-0.4, -0.2) is 21.4 Å². The summed E-state index contributed by atoms with van der Waals surface area (Å²) in [6, 6.07) is 0. The molecule has 0 bridgehead atoms. The molecule has 0 radical (unpaired) electrons. The van der Waals surface area contributed by atoms with E-state index in [-0.39, 0.29) is 11.8 Å². The van der Waals surface area contributed by atoms with Gasteiger partial charge < -0.3 is 10.2 Å². The molecule has 2 heteroatoms. The van der Waals surface area contributed by atoms with Gasteiger partial charge in [-0.3, -0.25) is 0 Å². The molecule has 4 atom stereocenters. The number of fused-ring (bicyclic) bond motifs is 1. The third-order valence-electron chi connectivity index (χ3n) is 4.97. The van der Waals surface area contributed by atoms with E-state index in [0.717, 1.165) is 25.7 Å². The van der Waals surface area contributed by atoms with Gasteiger partial charge in [0.1, 0.15) is 0 Å². The summed E-state index contributed by atoms with van der Waals surface area (Å²) in [5, 5.41) is 21.1. The second kappa shape index (κ2) is 4.10. The van der Waals surface area contributed by atoms with Crippen LogP contribution in [0.1, 0.15) is 53.4 Å². The summed E-state index contributed by atoms with van der Waals surface area (Å²) in [7, 11) is 0. The fourth-order valence-electron chi connectivity index (χ4n) is 3.60. The molecule has 0 aromatic carbocycles.